The lowest BCUT2D eigenvalue weighted by Gasteiger charge is -2.20. The highest BCUT2D eigenvalue weighted by molar-refractivity contribution is 5.87. The van der Waals surface area contributed by atoms with Gasteiger partial charge in [-0.05, 0) is 70.6 Å². The van der Waals surface area contributed by atoms with E-state index in [1.54, 1.807) is 0 Å². The fourth-order valence-corrected chi connectivity index (χ4v) is 8.76. The molecule has 1 saturated heterocycles. The molecule has 21 nitrogen and oxygen atoms in total. The van der Waals surface area contributed by atoms with Crippen LogP contribution in [0.2, 0.25) is 0 Å². The molecule has 0 aromatic heterocycles. The lowest BCUT2D eigenvalue weighted by atomic mass is 9.89. The SMILES string of the molecule is NCC(=O)[C@@H]1CCC(=O)CCCC(=O)NCN[C@@H](CCCCNC(=O)COCCOCCCC(=O)COCCOCCCC(=O)CC[C@H](NC(=O)CCCCCCCCCCCCCCCCC(=O)O)C(=O)O)C(=O)CC1. The number of carboxylic acids is 2. The van der Waals surface area contributed by atoms with Crippen LogP contribution in [0.3, 0.4) is 0 Å². The van der Waals surface area contributed by atoms with E-state index in [2.05, 4.69) is 21.3 Å². The fraction of sp³-hybridized carbons (Fsp3) is 0.821. The van der Waals surface area contributed by atoms with Gasteiger partial charge in [-0.2, -0.15) is 0 Å². The number of unbranched alkanes of at least 4 members (excludes halogenated alkanes) is 14. The van der Waals surface area contributed by atoms with Crippen LogP contribution in [0, 0.1) is 5.92 Å². The molecule has 0 aromatic carbocycles. The molecular weight excluding hydrogens is 999 g/mol. The van der Waals surface area contributed by atoms with Gasteiger partial charge in [-0.3, -0.25) is 48.5 Å². The van der Waals surface area contributed by atoms with Crippen molar-refractivity contribution in [3.63, 3.8) is 0 Å². The quantitative estimate of drug-likeness (QED) is 0.0356. The van der Waals surface area contributed by atoms with Crippen LogP contribution < -0.4 is 27.0 Å². The smallest absolute Gasteiger partial charge is 0.326 e. The average molecular weight is 1100 g/mol. The third kappa shape index (κ3) is 43.1. The van der Waals surface area contributed by atoms with E-state index in [0.717, 1.165) is 44.9 Å². The fourth-order valence-electron chi connectivity index (χ4n) is 8.76. The van der Waals surface area contributed by atoms with E-state index in [4.69, 9.17) is 29.8 Å². The van der Waals surface area contributed by atoms with Crippen molar-refractivity contribution in [3.05, 3.63) is 0 Å². The number of amides is 3. The second-order valence-electron chi connectivity index (χ2n) is 20.1. The highest BCUT2D eigenvalue weighted by Gasteiger charge is 2.24. The van der Waals surface area contributed by atoms with Crippen molar-refractivity contribution < 1.29 is 77.1 Å². The van der Waals surface area contributed by atoms with Gasteiger partial charge in [0, 0.05) is 83.5 Å². The van der Waals surface area contributed by atoms with Crippen molar-refractivity contribution in [2.24, 2.45) is 11.7 Å². The Morgan fingerprint density at radius 2 is 1.13 bits per heavy atom. The van der Waals surface area contributed by atoms with Crippen LogP contribution >= 0.6 is 0 Å². The molecule has 0 spiro atoms. The van der Waals surface area contributed by atoms with Crippen molar-refractivity contribution in [3.8, 4) is 0 Å². The van der Waals surface area contributed by atoms with E-state index in [9.17, 15) is 53.1 Å². The van der Waals surface area contributed by atoms with Gasteiger partial charge in [-0.25, -0.2) is 4.79 Å². The molecule has 0 saturated carbocycles. The zero-order valence-corrected chi connectivity index (χ0v) is 46.3. The zero-order valence-electron chi connectivity index (χ0n) is 46.3. The van der Waals surface area contributed by atoms with Crippen LogP contribution in [0.4, 0.5) is 0 Å². The van der Waals surface area contributed by atoms with E-state index < -0.39 is 29.9 Å². The van der Waals surface area contributed by atoms with E-state index in [1.807, 2.05) is 0 Å². The van der Waals surface area contributed by atoms with Gasteiger partial charge in [-0.15, -0.1) is 0 Å². The Bertz CT molecular complexity index is 1700. The summed E-state index contributed by atoms with van der Waals surface area (Å²) in [5.41, 5.74) is 5.59. The number of ketones is 5. The molecule has 1 fully saturated rings. The summed E-state index contributed by atoms with van der Waals surface area (Å²) in [6, 6.07) is -1.66. The lowest BCUT2D eigenvalue weighted by Crippen LogP contribution is -2.44. The Balaban J connectivity index is 2.02. The molecule has 442 valence electrons. The molecule has 1 aliphatic rings. The minimum atomic E-state index is -1.16. The first-order chi connectivity index (χ1) is 37.2. The molecular formula is C56H97N5O16. The Kier molecular flexibility index (Phi) is 44.5. The summed E-state index contributed by atoms with van der Waals surface area (Å²) in [6.07, 6.45) is 20.6. The summed E-state index contributed by atoms with van der Waals surface area (Å²) in [7, 11) is 0. The molecule has 8 N–H and O–H groups in total. The largest absolute Gasteiger partial charge is 0.481 e. The number of carbonyl (C=O) groups excluding carboxylic acids is 8. The van der Waals surface area contributed by atoms with Crippen LogP contribution in [0.25, 0.3) is 0 Å². The van der Waals surface area contributed by atoms with Gasteiger partial charge in [0.1, 0.15) is 42.4 Å². The highest BCUT2D eigenvalue weighted by atomic mass is 16.5. The molecule has 3 amide bonds. The van der Waals surface area contributed by atoms with Gasteiger partial charge < -0.3 is 50.8 Å². The van der Waals surface area contributed by atoms with E-state index in [-0.39, 0.29) is 164 Å². The summed E-state index contributed by atoms with van der Waals surface area (Å²) in [5, 5.41) is 29.4. The number of hydrogen-bond donors (Lipinski definition) is 7. The maximum atomic E-state index is 13.2. The van der Waals surface area contributed by atoms with E-state index in [0.29, 0.717) is 77.5 Å². The number of Topliss-reactive ketones (excluding diaryl/α,β-unsaturated/α-hetero) is 5. The number of aliphatic carboxylic acids is 2. The van der Waals surface area contributed by atoms with Gasteiger partial charge >= 0.3 is 11.9 Å². The van der Waals surface area contributed by atoms with Crippen molar-refractivity contribution in [2.75, 3.05) is 72.6 Å². The number of nitrogens with one attached hydrogen (secondary N) is 4. The minimum absolute atomic E-state index is 0.0164. The Morgan fingerprint density at radius 1 is 0.571 bits per heavy atom. The number of rotatable bonds is 47. The van der Waals surface area contributed by atoms with Crippen molar-refractivity contribution in [1.82, 2.24) is 21.3 Å². The Labute approximate surface area is 457 Å². The van der Waals surface area contributed by atoms with Crippen molar-refractivity contribution in [2.45, 2.75) is 218 Å². The Morgan fingerprint density at radius 3 is 1.73 bits per heavy atom. The maximum Gasteiger partial charge on any atom is 0.326 e. The van der Waals surface area contributed by atoms with E-state index >= 15 is 0 Å². The molecule has 0 unspecified atom stereocenters. The molecule has 3 atom stereocenters. The first-order valence-corrected chi connectivity index (χ1v) is 28.8. The minimum Gasteiger partial charge on any atom is -0.481 e. The summed E-state index contributed by atoms with van der Waals surface area (Å²) < 4.78 is 21.8. The number of nitrogens with two attached hydrogens (primary N) is 1. The second kappa shape index (κ2) is 48.6. The van der Waals surface area contributed by atoms with Crippen LogP contribution in [0.15, 0.2) is 0 Å². The summed E-state index contributed by atoms with van der Waals surface area (Å²) in [6.45, 7) is 1.63. The molecule has 1 rings (SSSR count). The lowest BCUT2D eigenvalue weighted by molar-refractivity contribution is -0.142. The zero-order chi connectivity index (χ0) is 56.6. The standard InChI is InChI=1S/C56H97N5O16/c57-40-51(66)44-27-29-45(62)20-17-25-52(67)60-43-59-48(50(65)32-28-44)23-15-16-33-58-54(69)42-77-39-37-75-35-19-22-47(64)41-76-38-36-74-34-18-21-46(63)30-31-49(56(72)73)61-53(68)24-13-11-9-7-5-3-1-2-4-6-8-10-12-14-26-55(70)71/h44,48-49,59H,1-43,57H2,(H,58,69)(H,60,67)(H,61,68)(H,70,71)(H,72,73)/t44-,48+,49+/m1/s1. The van der Waals surface area contributed by atoms with Crippen LogP contribution in [0.5, 0.6) is 0 Å². The number of carbonyl (C=O) groups is 10. The molecule has 1 heterocycles. The predicted octanol–water partition coefficient (Wildman–Crippen LogP) is 5.77. The van der Waals surface area contributed by atoms with Crippen molar-refractivity contribution in [1.29, 1.82) is 0 Å². The molecule has 0 aromatic rings. The molecule has 1 aliphatic heterocycles. The number of carboxylic acid groups (broad SMARTS) is 2. The number of ether oxygens (including phenoxy) is 4. The Hall–Kier alpha value is -4.54. The van der Waals surface area contributed by atoms with Gasteiger partial charge in [0.15, 0.2) is 5.78 Å². The molecule has 21 heteroatoms. The highest BCUT2D eigenvalue weighted by Crippen LogP contribution is 2.19. The third-order valence-electron chi connectivity index (χ3n) is 13.4. The third-order valence-corrected chi connectivity index (χ3v) is 13.4. The maximum absolute atomic E-state index is 13.2. The molecule has 0 radical (unpaired) electrons. The number of hydrogen-bond acceptors (Lipinski definition) is 16. The van der Waals surface area contributed by atoms with Crippen LogP contribution in [0.1, 0.15) is 205 Å². The molecule has 0 bridgehead atoms. The summed E-state index contributed by atoms with van der Waals surface area (Å²) >= 11 is 0. The average Bonchev–Trinajstić information content (AvgIpc) is 3.40. The van der Waals surface area contributed by atoms with Gasteiger partial charge in [-0.1, -0.05) is 77.0 Å². The monoisotopic (exact) mass is 1100 g/mol. The first-order valence-electron chi connectivity index (χ1n) is 28.8. The van der Waals surface area contributed by atoms with Crippen molar-refractivity contribution >= 4 is 58.6 Å². The van der Waals surface area contributed by atoms with Crippen LogP contribution in [-0.2, 0) is 66.9 Å². The summed E-state index contributed by atoms with van der Waals surface area (Å²) in [5.74, 6) is -3.66. The molecule has 77 heavy (non-hydrogen) atoms. The molecule has 0 aliphatic carbocycles. The predicted molar refractivity (Wildman–Crippen MR) is 289 cm³/mol. The summed E-state index contributed by atoms with van der Waals surface area (Å²) in [4.78, 5) is 121. The van der Waals surface area contributed by atoms with Crippen LogP contribution in [-0.4, -0.2) is 153 Å². The first kappa shape index (κ1) is 70.5. The van der Waals surface area contributed by atoms with Gasteiger partial charge in [0.25, 0.3) is 0 Å². The van der Waals surface area contributed by atoms with E-state index in [1.165, 1.54) is 38.5 Å². The normalized spacial score (nSPS) is 16.2. The van der Waals surface area contributed by atoms with Gasteiger partial charge in [0.2, 0.25) is 17.7 Å². The van der Waals surface area contributed by atoms with Gasteiger partial charge in [0.05, 0.1) is 45.7 Å². The second-order valence-corrected chi connectivity index (χ2v) is 20.1. The topological polar surface area (TPSA) is 322 Å².